The first-order valence-electron chi connectivity index (χ1n) is 5.06. The fourth-order valence-corrected chi connectivity index (χ4v) is 1.34. The van der Waals surface area contributed by atoms with Crippen molar-refractivity contribution in [1.82, 2.24) is 5.32 Å². The van der Waals surface area contributed by atoms with Crippen molar-refractivity contribution >= 4 is 0 Å². The lowest BCUT2D eigenvalue weighted by Gasteiger charge is -2.08. The average molecular weight is 232 g/mol. The Morgan fingerprint density at radius 1 is 1.06 bits per heavy atom. The highest BCUT2D eigenvalue weighted by molar-refractivity contribution is 5.22. The summed E-state index contributed by atoms with van der Waals surface area (Å²) in [5.41, 5.74) is 7.33. The lowest BCUT2D eigenvalue weighted by molar-refractivity contribution is -0.125. The van der Waals surface area contributed by atoms with Gasteiger partial charge in [-0.2, -0.15) is 13.2 Å². The van der Waals surface area contributed by atoms with Gasteiger partial charge in [-0.05, 0) is 24.1 Å². The molecule has 1 rings (SSSR count). The second kappa shape index (κ2) is 5.86. The molecule has 90 valence electrons. The van der Waals surface area contributed by atoms with Gasteiger partial charge >= 0.3 is 6.18 Å². The Balaban J connectivity index is 2.37. The van der Waals surface area contributed by atoms with E-state index in [2.05, 4.69) is 5.32 Å². The number of alkyl halides is 3. The highest BCUT2D eigenvalue weighted by atomic mass is 19.4. The normalized spacial score (nSPS) is 11.8. The Kier molecular flexibility index (Phi) is 4.76. The number of hydrogen-bond donors (Lipinski definition) is 2. The van der Waals surface area contributed by atoms with Crippen LogP contribution in [-0.2, 0) is 13.0 Å². The van der Waals surface area contributed by atoms with Gasteiger partial charge in [-0.3, -0.25) is 0 Å². The summed E-state index contributed by atoms with van der Waals surface area (Å²) in [7, 11) is 0. The van der Waals surface area contributed by atoms with Gasteiger partial charge in [0.05, 0.1) is 6.54 Å². The van der Waals surface area contributed by atoms with Crippen molar-refractivity contribution in [2.75, 3.05) is 13.1 Å². The second-order valence-electron chi connectivity index (χ2n) is 3.57. The van der Waals surface area contributed by atoms with Crippen LogP contribution in [0, 0.1) is 0 Å². The van der Waals surface area contributed by atoms with Gasteiger partial charge in [-0.15, -0.1) is 0 Å². The number of rotatable bonds is 5. The predicted octanol–water partition coefficient (Wildman–Crippen LogP) is 1.84. The number of halogens is 3. The summed E-state index contributed by atoms with van der Waals surface area (Å²) in [5, 5.41) is 2.34. The highest BCUT2D eigenvalue weighted by Gasteiger charge is 2.25. The van der Waals surface area contributed by atoms with Gasteiger partial charge < -0.3 is 11.1 Å². The van der Waals surface area contributed by atoms with Crippen molar-refractivity contribution in [3.8, 4) is 0 Å². The molecular formula is C11H15F3N2. The second-order valence-corrected chi connectivity index (χ2v) is 3.57. The van der Waals surface area contributed by atoms with Crippen molar-refractivity contribution < 1.29 is 13.2 Å². The van der Waals surface area contributed by atoms with Gasteiger partial charge in [0.2, 0.25) is 0 Å². The molecule has 1 aromatic carbocycles. The van der Waals surface area contributed by atoms with Crippen LogP contribution in [0.5, 0.6) is 0 Å². The maximum atomic E-state index is 11.8. The molecule has 0 atom stereocenters. The van der Waals surface area contributed by atoms with E-state index in [1.165, 1.54) is 0 Å². The third-order valence-corrected chi connectivity index (χ3v) is 2.11. The monoisotopic (exact) mass is 232 g/mol. The number of nitrogens with one attached hydrogen (secondary N) is 1. The Labute approximate surface area is 92.6 Å². The van der Waals surface area contributed by atoms with Crippen molar-refractivity contribution in [2.24, 2.45) is 5.73 Å². The molecule has 0 aliphatic heterocycles. The summed E-state index contributed by atoms with van der Waals surface area (Å²) in [5.74, 6) is 0. The van der Waals surface area contributed by atoms with Crippen molar-refractivity contribution in [2.45, 2.75) is 19.1 Å². The molecule has 0 bridgehead atoms. The molecule has 5 heteroatoms. The first-order valence-corrected chi connectivity index (χ1v) is 5.06. The van der Waals surface area contributed by atoms with Gasteiger partial charge in [0.1, 0.15) is 0 Å². The Bertz CT molecular complexity index is 306. The SMILES string of the molecule is NCCc1ccc(CNCC(F)(F)F)cc1. The van der Waals surface area contributed by atoms with E-state index in [0.29, 0.717) is 6.54 Å². The molecule has 0 spiro atoms. The van der Waals surface area contributed by atoms with E-state index in [9.17, 15) is 13.2 Å². The van der Waals surface area contributed by atoms with Gasteiger partial charge in [0.25, 0.3) is 0 Å². The molecule has 0 aliphatic carbocycles. The van der Waals surface area contributed by atoms with Crippen LogP contribution in [0.2, 0.25) is 0 Å². The zero-order chi connectivity index (χ0) is 12.0. The van der Waals surface area contributed by atoms with E-state index in [1.807, 2.05) is 24.3 Å². The van der Waals surface area contributed by atoms with Gasteiger partial charge in [0.15, 0.2) is 0 Å². The molecule has 0 radical (unpaired) electrons. The third-order valence-electron chi connectivity index (χ3n) is 2.11. The molecule has 0 aromatic heterocycles. The first-order chi connectivity index (χ1) is 7.51. The quantitative estimate of drug-likeness (QED) is 0.813. The molecule has 2 nitrogen and oxygen atoms in total. The number of nitrogens with two attached hydrogens (primary N) is 1. The van der Waals surface area contributed by atoms with Gasteiger partial charge in [0, 0.05) is 6.54 Å². The smallest absolute Gasteiger partial charge is 0.330 e. The molecule has 1 aromatic rings. The fourth-order valence-electron chi connectivity index (χ4n) is 1.34. The molecule has 0 saturated carbocycles. The minimum atomic E-state index is -4.15. The first kappa shape index (κ1) is 13.0. The van der Waals surface area contributed by atoms with E-state index in [4.69, 9.17) is 5.73 Å². The average Bonchev–Trinajstić information content (AvgIpc) is 2.19. The zero-order valence-corrected chi connectivity index (χ0v) is 8.85. The maximum Gasteiger partial charge on any atom is 0.401 e. The van der Waals surface area contributed by atoms with E-state index in [-0.39, 0.29) is 6.54 Å². The number of hydrogen-bond acceptors (Lipinski definition) is 2. The van der Waals surface area contributed by atoms with Crippen LogP contribution in [0.4, 0.5) is 13.2 Å². The van der Waals surface area contributed by atoms with Crippen LogP contribution >= 0.6 is 0 Å². The number of benzene rings is 1. The lowest BCUT2D eigenvalue weighted by Crippen LogP contribution is -2.28. The largest absolute Gasteiger partial charge is 0.401 e. The Morgan fingerprint density at radius 2 is 1.62 bits per heavy atom. The lowest BCUT2D eigenvalue weighted by atomic mass is 10.1. The minimum absolute atomic E-state index is 0.225. The summed E-state index contributed by atoms with van der Waals surface area (Å²) in [6.45, 7) is -0.161. The Morgan fingerprint density at radius 3 is 2.12 bits per heavy atom. The molecule has 0 fully saturated rings. The fraction of sp³-hybridized carbons (Fsp3) is 0.455. The standard InChI is InChI=1S/C11H15F3N2/c12-11(13,14)8-16-7-10-3-1-9(2-4-10)5-6-15/h1-4,16H,5-8,15H2. The minimum Gasteiger partial charge on any atom is -0.330 e. The summed E-state index contributed by atoms with van der Waals surface area (Å²) < 4.78 is 35.5. The summed E-state index contributed by atoms with van der Waals surface area (Å²) in [4.78, 5) is 0. The highest BCUT2D eigenvalue weighted by Crippen LogP contribution is 2.12. The van der Waals surface area contributed by atoms with Gasteiger partial charge in [-0.1, -0.05) is 24.3 Å². The van der Waals surface area contributed by atoms with Crippen LogP contribution in [0.1, 0.15) is 11.1 Å². The molecule has 0 saturated heterocycles. The Hall–Kier alpha value is -1.07. The molecule has 0 heterocycles. The van der Waals surface area contributed by atoms with E-state index < -0.39 is 12.7 Å². The van der Waals surface area contributed by atoms with Gasteiger partial charge in [-0.25, -0.2) is 0 Å². The maximum absolute atomic E-state index is 11.8. The summed E-state index contributed by atoms with van der Waals surface area (Å²) in [6, 6.07) is 7.40. The van der Waals surface area contributed by atoms with Crippen molar-refractivity contribution in [3.05, 3.63) is 35.4 Å². The topological polar surface area (TPSA) is 38.0 Å². The molecular weight excluding hydrogens is 217 g/mol. The van der Waals surface area contributed by atoms with E-state index in [0.717, 1.165) is 17.5 Å². The van der Waals surface area contributed by atoms with Crippen LogP contribution < -0.4 is 11.1 Å². The van der Waals surface area contributed by atoms with Crippen molar-refractivity contribution in [1.29, 1.82) is 0 Å². The third kappa shape index (κ3) is 5.14. The predicted molar refractivity (Wildman–Crippen MR) is 57.0 cm³/mol. The molecule has 3 N–H and O–H groups in total. The zero-order valence-electron chi connectivity index (χ0n) is 8.85. The summed E-state index contributed by atoms with van der Waals surface area (Å²) in [6.07, 6.45) is -3.37. The molecule has 0 unspecified atom stereocenters. The van der Waals surface area contributed by atoms with Crippen molar-refractivity contribution in [3.63, 3.8) is 0 Å². The molecule has 0 aliphatic rings. The molecule has 0 amide bonds. The van der Waals surface area contributed by atoms with Crippen LogP contribution in [0.15, 0.2) is 24.3 Å². The van der Waals surface area contributed by atoms with Crippen LogP contribution in [-0.4, -0.2) is 19.3 Å². The summed E-state index contributed by atoms with van der Waals surface area (Å²) >= 11 is 0. The van der Waals surface area contributed by atoms with Crippen LogP contribution in [0.3, 0.4) is 0 Å². The molecule has 16 heavy (non-hydrogen) atoms. The van der Waals surface area contributed by atoms with E-state index >= 15 is 0 Å². The van der Waals surface area contributed by atoms with E-state index in [1.54, 1.807) is 0 Å². The van der Waals surface area contributed by atoms with Crippen LogP contribution in [0.25, 0.3) is 0 Å².